The molecule has 1 N–H and O–H groups in total. The quantitative estimate of drug-likeness (QED) is 0.743. The Morgan fingerprint density at radius 3 is 2.12 bits per heavy atom. The van der Waals surface area contributed by atoms with Crippen molar-refractivity contribution < 1.29 is 5.11 Å². The maximum absolute atomic E-state index is 10.6. The first-order valence-electron chi connectivity index (χ1n) is 8.51. The topological polar surface area (TPSA) is 50.9 Å². The first kappa shape index (κ1) is 16.5. The van der Waals surface area contributed by atoms with Crippen molar-refractivity contribution in [1.29, 1.82) is 0 Å². The molecule has 3 rings (SSSR count). The molecule has 0 aliphatic carbocycles. The van der Waals surface area contributed by atoms with Crippen LogP contribution in [0.2, 0.25) is 0 Å². The maximum atomic E-state index is 10.6. The van der Waals surface area contributed by atoms with Crippen molar-refractivity contribution in [3.8, 4) is 11.4 Å². The van der Waals surface area contributed by atoms with E-state index in [1.165, 1.54) is 5.56 Å². The van der Waals surface area contributed by atoms with Crippen molar-refractivity contribution >= 4 is 11.0 Å². The Bertz CT molecular complexity index is 841. The third kappa shape index (κ3) is 2.77. The van der Waals surface area contributed by atoms with E-state index in [9.17, 15) is 5.11 Å². The minimum absolute atomic E-state index is 0.0201. The van der Waals surface area contributed by atoms with Gasteiger partial charge in [-0.05, 0) is 47.1 Å². The molecule has 0 aliphatic heterocycles. The Labute approximate surface area is 143 Å². The molecule has 0 fully saturated rings. The van der Waals surface area contributed by atoms with E-state index in [0.29, 0.717) is 11.6 Å². The molecular weight excluding hydrogens is 298 g/mol. The molecule has 1 unspecified atom stereocenters. The molecule has 0 aliphatic rings. The number of fused-ring (bicyclic) bond motifs is 1. The van der Waals surface area contributed by atoms with E-state index in [4.69, 9.17) is 0 Å². The summed E-state index contributed by atoms with van der Waals surface area (Å²) < 4.78 is 0. The highest BCUT2D eigenvalue weighted by Gasteiger charge is 2.26. The van der Waals surface area contributed by atoms with Gasteiger partial charge in [-0.3, -0.25) is 0 Å². The summed E-state index contributed by atoms with van der Waals surface area (Å²) in [5, 5.41) is 19.8. The highest BCUT2D eigenvalue weighted by atomic mass is 16.3. The second-order valence-corrected chi connectivity index (χ2v) is 7.43. The Hall–Kier alpha value is -2.36. The molecule has 24 heavy (non-hydrogen) atoms. The zero-order valence-electron chi connectivity index (χ0n) is 15.0. The van der Waals surface area contributed by atoms with Gasteiger partial charge in [0.05, 0.1) is 0 Å². The van der Waals surface area contributed by atoms with Crippen molar-refractivity contribution in [2.75, 3.05) is 0 Å². The molecular formula is C20H25N3O. The Morgan fingerprint density at radius 1 is 1.04 bits per heavy atom. The van der Waals surface area contributed by atoms with Crippen molar-refractivity contribution in [1.82, 2.24) is 15.0 Å². The summed E-state index contributed by atoms with van der Waals surface area (Å²) in [7, 11) is 0. The fourth-order valence-corrected chi connectivity index (χ4v) is 3.12. The Kier molecular flexibility index (Phi) is 4.08. The number of hydrogen-bond acceptors (Lipinski definition) is 3. The zero-order chi connectivity index (χ0) is 17.5. The number of hydrogen-bond donors (Lipinski definition) is 1. The predicted molar refractivity (Wildman–Crippen MR) is 97.9 cm³/mol. The molecule has 126 valence electrons. The van der Waals surface area contributed by atoms with E-state index in [1.807, 2.05) is 30.3 Å². The molecule has 0 amide bonds. The van der Waals surface area contributed by atoms with Crippen LogP contribution in [-0.2, 0) is 5.41 Å². The third-order valence-electron chi connectivity index (χ3n) is 4.60. The van der Waals surface area contributed by atoms with Crippen molar-refractivity contribution in [3.05, 3.63) is 47.5 Å². The second kappa shape index (κ2) is 5.93. The summed E-state index contributed by atoms with van der Waals surface area (Å²) in [6.07, 6.45) is 0.986. The number of phenols is 1. The molecule has 1 aromatic heterocycles. The van der Waals surface area contributed by atoms with Crippen molar-refractivity contribution in [2.24, 2.45) is 0 Å². The molecule has 4 heteroatoms. The van der Waals surface area contributed by atoms with Gasteiger partial charge in [0.1, 0.15) is 22.5 Å². The van der Waals surface area contributed by atoms with E-state index in [0.717, 1.165) is 23.0 Å². The van der Waals surface area contributed by atoms with Crippen LogP contribution in [0.1, 0.15) is 58.1 Å². The summed E-state index contributed by atoms with van der Waals surface area (Å²) in [6.45, 7) is 10.9. The molecule has 3 aromatic rings. The summed E-state index contributed by atoms with van der Waals surface area (Å²) in [4.78, 5) is 1.59. The first-order chi connectivity index (χ1) is 11.3. The lowest BCUT2D eigenvalue weighted by atomic mass is 9.79. The first-order valence-corrected chi connectivity index (χ1v) is 8.51. The van der Waals surface area contributed by atoms with Crippen LogP contribution in [0.4, 0.5) is 0 Å². The summed E-state index contributed by atoms with van der Waals surface area (Å²) >= 11 is 0. The predicted octanol–water partition coefficient (Wildman–Crippen LogP) is 4.94. The zero-order valence-corrected chi connectivity index (χ0v) is 15.0. The molecule has 0 bridgehead atoms. The average Bonchev–Trinajstić information content (AvgIpc) is 2.96. The van der Waals surface area contributed by atoms with Crippen molar-refractivity contribution in [2.45, 2.75) is 52.4 Å². The molecule has 1 atom stereocenters. The van der Waals surface area contributed by atoms with Gasteiger partial charge in [-0.25, -0.2) is 0 Å². The number of rotatable bonds is 3. The van der Waals surface area contributed by atoms with Crippen LogP contribution < -0.4 is 0 Å². The van der Waals surface area contributed by atoms with E-state index in [1.54, 1.807) is 10.9 Å². The molecule has 4 nitrogen and oxygen atoms in total. The highest BCUT2D eigenvalue weighted by molar-refractivity contribution is 5.74. The summed E-state index contributed by atoms with van der Waals surface area (Å²) in [5.74, 6) is 0.522. The standard InChI is InChI=1S/C20H25N3O/c1-6-13(2)18-14(20(3,4)5)11-12-17(24)19(18)23-21-15-9-7-8-10-16(15)22-23/h7-13,24H,6H2,1-5H3. The van der Waals surface area contributed by atoms with Crippen LogP contribution >= 0.6 is 0 Å². The number of nitrogens with zero attached hydrogens (tertiary/aromatic N) is 3. The van der Waals surface area contributed by atoms with Gasteiger partial charge < -0.3 is 5.11 Å². The third-order valence-corrected chi connectivity index (χ3v) is 4.60. The average molecular weight is 323 g/mol. The van der Waals surface area contributed by atoms with Crippen LogP contribution in [0.5, 0.6) is 5.75 Å². The van der Waals surface area contributed by atoms with E-state index < -0.39 is 0 Å². The van der Waals surface area contributed by atoms with Gasteiger partial charge >= 0.3 is 0 Å². The smallest absolute Gasteiger partial charge is 0.143 e. The van der Waals surface area contributed by atoms with Gasteiger partial charge in [0.15, 0.2) is 0 Å². The lowest BCUT2D eigenvalue weighted by Gasteiger charge is -2.28. The molecule has 2 aromatic carbocycles. The fourth-order valence-electron chi connectivity index (χ4n) is 3.12. The Morgan fingerprint density at radius 2 is 1.62 bits per heavy atom. The van der Waals surface area contributed by atoms with Gasteiger partial charge in [0.25, 0.3) is 0 Å². The minimum Gasteiger partial charge on any atom is -0.506 e. The monoisotopic (exact) mass is 323 g/mol. The van der Waals surface area contributed by atoms with Gasteiger partial charge in [-0.2, -0.15) is 0 Å². The van der Waals surface area contributed by atoms with E-state index in [-0.39, 0.29) is 11.2 Å². The van der Waals surface area contributed by atoms with Gasteiger partial charge in [-0.15, -0.1) is 15.0 Å². The minimum atomic E-state index is -0.0201. The summed E-state index contributed by atoms with van der Waals surface area (Å²) in [6, 6.07) is 11.6. The Balaban J connectivity index is 2.33. The van der Waals surface area contributed by atoms with E-state index >= 15 is 0 Å². The lowest BCUT2D eigenvalue weighted by Crippen LogP contribution is -2.18. The van der Waals surface area contributed by atoms with Crippen LogP contribution in [0, 0.1) is 0 Å². The van der Waals surface area contributed by atoms with Crippen LogP contribution in [0.3, 0.4) is 0 Å². The molecule has 0 radical (unpaired) electrons. The van der Waals surface area contributed by atoms with E-state index in [2.05, 4.69) is 44.8 Å². The second-order valence-electron chi connectivity index (χ2n) is 7.43. The van der Waals surface area contributed by atoms with Gasteiger partial charge in [0, 0.05) is 0 Å². The SMILES string of the molecule is CCC(C)c1c(C(C)(C)C)ccc(O)c1-n1nc2ccccc2n1. The molecule has 0 spiro atoms. The highest BCUT2D eigenvalue weighted by Crippen LogP contribution is 2.39. The number of phenolic OH excluding ortho intramolecular Hbond substituents is 1. The fraction of sp³-hybridized carbons (Fsp3) is 0.400. The largest absolute Gasteiger partial charge is 0.506 e. The maximum Gasteiger partial charge on any atom is 0.143 e. The lowest BCUT2D eigenvalue weighted by molar-refractivity contribution is 0.462. The number of aromatic nitrogens is 3. The molecule has 1 heterocycles. The number of benzene rings is 2. The number of aromatic hydroxyl groups is 1. The van der Waals surface area contributed by atoms with Crippen LogP contribution in [-0.4, -0.2) is 20.1 Å². The van der Waals surface area contributed by atoms with Crippen LogP contribution in [0.15, 0.2) is 36.4 Å². The van der Waals surface area contributed by atoms with Gasteiger partial charge in [-0.1, -0.05) is 52.8 Å². The van der Waals surface area contributed by atoms with Crippen LogP contribution in [0.25, 0.3) is 16.7 Å². The van der Waals surface area contributed by atoms with Gasteiger partial charge in [0.2, 0.25) is 0 Å². The molecule has 0 saturated heterocycles. The van der Waals surface area contributed by atoms with Crippen molar-refractivity contribution in [3.63, 3.8) is 0 Å². The molecule has 0 saturated carbocycles. The summed E-state index contributed by atoms with van der Waals surface area (Å²) in [5.41, 5.74) is 4.69. The normalized spacial score (nSPS) is 13.4.